The van der Waals surface area contributed by atoms with Gasteiger partial charge in [0, 0.05) is 10.2 Å². The van der Waals surface area contributed by atoms with E-state index in [1.54, 1.807) is 13.8 Å². The summed E-state index contributed by atoms with van der Waals surface area (Å²) in [5.41, 5.74) is 2.13. The van der Waals surface area contributed by atoms with Crippen LogP contribution in [-0.4, -0.2) is 24.5 Å². The number of rotatable bonds is 3. The second kappa shape index (κ2) is 5.58. The minimum atomic E-state index is -3.78. The van der Waals surface area contributed by atoms with Gasteiger partial charge in [0.2, 0.25) is 10.0 Å². The molecule has 1 aromatic heterocycles. The summed E-state index contributed by atoms with van der Waals surface area (Å²) in [4.78, 5) is 12.2. The Hall–Kier alpha value is -1.71. The number of primary sulfonamides is 1. The maximum atomic E-state index is 12.2. The molecule has 2 aromatic rings. The lowest BCUT2D eigenvalue weighted by molar-refractivity contribution is 0.102. The molecule has 4 N–H and O–H groups in total. The van der Waals surface area contributed by atoms with Gasteiger partial charge in [-0.1, -0.05) is 0 Å². The molecule has 7 nitrogen and oxygen atoms in total. The number of sulfonamides is 1. The first-order valence-electron chi connectivity index (χ1n) is 5.85. The molecular formula is C12H13BrN4O3S. The third-order valence-electron chi connectivity index (χ3n) is 2.87. The van der Waals surface area contributed by atoms with Gasteiger partial charge >= 0.3 is 0 Å². The zero-order valence-electron chi connectivity index (χ0n) is 11.3. The fraction of sp³-hybridized carbons (Fsp3) is 0.167. The van der Waals surface area contributed by atoms with E-state index in [-0.39, 0.29) is 10.8 Å². The third-order valence-corrected chi connectivity index (χ3v) is 4.44. The number of aromatic nitrogens is 2. The Bertz CT molecular complexity index is 794. The quantitative estimate of drug-likeness (QED) is 0.759. The van der Waals surface area contributed by atoms with Crippen molar-refractivity contribution in [2.75, 3.05) is 5.32 Å². The van der Waals surface area contributed by atoms with Gasteiger partial charge < -0.3 is 5.32 Å². The van der Waals surface area contributed by atoms with Gasteiger partial charge in [0.15, 0.2) is 0 Å². The molecule has 1 heterocycles. The van der Waals surface area contributed by atoms with Crippen molar-refractivity contribution in [3.8, 4) is 0 Å². The molecule has 0 bridgehead atoms. The number of hydrogen-bond acceptors (Lipinski definition) is 4. The Morgan fingerprint density at radius 1 is 1.38 bits per heavy atom. The van der Waals surface area contributed by atoms with E-state index >= 15 is 0 Å². The average molecular weight is 373 g/mol. The first-order valence-corrected chi connectivity index (χ1v) is 8.19. The molecule has 0 aliphatic rings. The first-order chi connectivity index (χ1) is 9.70. The van der Waals surface area contributed by atoms with Crippen LogP contribution in [0.15, 0.2) is 27.6 Å². The number of carbonyl (C=O) groups excluding carboxylic acids is 1. The maximum Gasteiger partial charge on any atom is 0.259 e. The van der Waals surface area contributed by atoms with Crippen LogP contribution in [0.5, 0.6) is 0 Å². The molecule has 0 spiro atoms. The predicted octanol–water partition coefficient (Wildman–Crippen LogP) is 1.69. The monoisotopic (exact) mass is 372 g/mol. The highest BCUT2D eigenvalue weighted by Crippen LogP contribution is 2.26. The molecule has 9 heteroatoms. The van der Waals surface area contributed by atoms with Crippen LogP contribution in [0.2, 0.25) is 0 Å². The first kappa shape index (κ1) is 15.7. The number of carbonyl (C=O) groups is 1. The van der Waals surface area contributed by atoms with Crippen LogP contribution in [0.4, 0.5) is 5.69 Å². The second-order valence-electron chi connectivity index (χ2n) is 4.45. The Kier molecular flexibility index (Phi) is 4.17. The maximum absolute atomic E-state index is 12.2. The molecule has 0 saturated heterocycles. The molecule has 0 aliphatic heterocycles. The van der Waals surface area contributed by atoms with Crippen molar-refractivity contribution in [1.82, 2.24) is 10.2 Å². The van der Waals surface area contributed by atoms with Gasteiger partial charge in [0.25, 0.3) is 5.91 Å². The van der Waals surface area contributed by atoms with Crippen molar-refractivity contribution in [3.63, 3.8) is 0 Å². The van der Waals surface area contributed by atoms with E-state index in [9.17, 15) is 13.2 Å². The predicted molar refractivity (Wildman–Crippen MR) is 81.5 cm³/mol. The molecule has 21 heavy (non-hydrogen) atoms. The number of H-pyrrole nitrogens is 1. The number of anilines is 1. The van der Waals surface area contributed by atoms with Crippen LogP contribution in [0, 0.1) is 13.8 Å². The summed E-state index contributed by atoms with van der Waals surface area (Å²) in [5.74, 6) is -0.331. The Morgan fingerprint density at radius 2 is 2.05 bits per heavy atom. The molecule has 112 valence electrons. The van der Waals surface area contributed by atoms with Gasteiger partial charge in [-0.15, -0.1) is 0 Å². The lowest BCUT2D eigenvalue weighted by Gasteiger charge is -2.09. The number of amides is 1. The summed E-state index contributed by atoms with van der Waals surface area (Å²) in [6, 6.07) is 4.12. The third kappa shape index (κ3) is 3.31. The normalized spacial score (nSPS) is 11.4. The van der Waals surface area contributed by atoms with Gasteiger partial charge in [-0.05, 0) is 48.0 Å². The number of aryl methyl sites for hydroxylation is 2. The van der Waals surface area contributed by atoms with Crippen LogP contribution in [-0.2, 0) is 10.0 Å². The number of aromatic amines is 1. The number of nitrogens with two attached hydrogens (primary N) is 1. The fourth-order valence-corrected chi connectivity index (χ4v) is 3.01. The minimum Gasteiger partial charge on any atom is -0.321 e. The van der Waals surface area contributed by atoms with Crippen LogP contribution in [0.25, 0.3) is 0 Å². The fourth-order valence-electron chi connectivity index (χ4n) is 1.84. The molecule has 1 aromatic carbocycles. The second-order valence-corrected chi connectivity index (χ2v) is 6.87. The van der Waals surface area contributed by atoms with Gasteiger partial charge in [-0.2, -0.15) is 5.10 Å². The minimum absolute atomic E-state index is 0.0388. The Morgan fingerprint density at radius 3 is 2.52 bits per heavy atom. The van der Waals surface area contributed by atoms with E-state index in [0.29, 0.717) is 27.1 Å². The lowest BCUT2D eigenvalue weighted by Crippen LogP contribution is -2.15. The van der Waals surface area contributed by atoms with E-state index < -0.39 is 10.0 Å². The number of nitrogens with one attached hydrogen (secondary N) is 2. The summed E-state index contributed by atoms with van der Waals surface area (Å²) in [6.07, 6.45) is 0. The lowest BCUT2D eigenvalue weighted by atomic mass is 10.2. The Labute approximate surface area is 130 Å². The van der Waals surface area contributed by atoms with Crippen molar-refractivity contribution in [2.24, 2.45) is 5.14 Å². The van der Waals surface area contributed by atoms with Crippen LogP contribution >= 0.6 is 15.9 Å². The van der Waals surface area contributed by atoms with Crippen molar-refractivity contribution < 1.29 is 13.2 Å². The van der Waals surface area contributed by atoms with E-state index in [1.807, 2.05) is 0 Å². The number of halogens is 1. The zero-order chi connectivity index (χ0) is 15.8. The summed E-state index contributed by atoms with van der Waals surface area (Å²) < 4.78 is 22.9. The molecule has 0 unspecified atom stereocenters. The molecule has 0 radical (unpaired) electrons. The molecule has 0 fully saturated rings. The van der Waals surface area contributed by atoms with Gasteiger partial charge in [0.05, 0.1) is 21.8 Å². The van der Waals surface area contributed by atoms with Crippen molar-refractivity contribution >= 4 is 37.5 Å². The smallest absolute Gasteiger partial charge is 0.259 e. The number of benzene rings is 1. The van der Waals surface area contributed by atoms with Gasteiger partial charge in [-0.3, -0.25) is 9.89 Å². The highest BCUT2D eigenvalue weighted by molar-refractivity contribution is 9.10. The summed E-state index contributed by atoms with van der Waals surface area (Å²) in [7, 11) is -3.78. The zero-order valence-corrected chi connectivity index (χ0v) is 13.7. The average Bonchev–Trinajstić information content (AvgIpc) is 2.70. The largest absolute Gasteiger partial charge is 0.321 e. The molecule has 1 amide bonds. The Balaban J connectivity index is 2.31. The molecule has 0 saturated carbocycles. The number of nitrogens with zero attached hydrogens (tertiary/aromatic N) is 1. The molecular weight excluding hydrogens is 360 g/mol. The van der Waals surface area contributed by atoms with Crippen molar-refractivity contribution in [3.05, 3.63) is 39.6 Å². The van der Waals surface area contributed by atoms with E-state index in [2.05, 4.69) is 31.4 Å². The SMILES string of the molecule is Cc1n[nH]c(C)c1C(=O)Nc1ccc(S(N)(=O)=O)cc1Br. The van der Waals surface area contributed by atoms with Crippen molar-refractivity contribution in [2.45, 2.75) is 18.7 Å². The standard InChI is InChI=1S/C12H13BrN4O3S/c1-6-11(7(2)17-16-6)12(18)15-10-4-3-8(5-9(10)13)21(14,19)20/h3-5H,1-2H3,(H,15,18)(H,16,17)(H2,14,19,20). The van der Waals surface area contributed by atoms with Crippen LogP contribution in [0.3, 0.4) is 0 Å². The molecule has 0 aliphatic carbocycles. The molecule has 2 rings (SSSR count). The van der Waals surface area contributed by atoms with Crippen LogP contribution < -0.4 is 10.5 Å². The topological polar surface area (TPSA) is 118 Å². The summed E-state index contributed by atoms with van der Waals surface area (Å²) in [6.45, 7) is 3.46. The highest BCUT2D eigenvalue weighted by Gasteiger charge is 2.17. The van der Waals surface area contributed by atoms with E-state index in [0.717, 1.165) is 0 Å². The highest BCUT2D eigenvalue weighted by atomic mass is 79.9. The van der Waals surface area contributed by atoms with E-state index in [4.69, 9.17) is 5.14 Å². The summed E-state index contributed by atoms with van der Waals surface area (Å²) >= 11 is 3.21. The number of hydrogen-bond donors (Lipinski definition) is 3. The van der Waals surface area contributed by atoms with Gasteiger partial charge in [-0.25, -0.2) is 13.6 Å². The van der Waals surface area contributed by atoms with Gasteiger partial charge in [0.1, 0.15) is 0 Å². The van der Waals surface area contributed by atoms with Crippen molar-refractivity contribution in [1.29, 1.82) is 0 Å². The van der Waals surface area contributed by atoms with E-state index in [1.165, 1.54) is 18.2 Å². The molecule has 0 atom stereocenters. The van der Waals surface area contributed by atoms with Crippen LogP contribution in [0.1, 0.15) is 21.7 Å². The summed E-state index contributed by atoms with van der Waals surface area (Å²) in [5, 5.41) is 14.4.